The number of aromatic carboxylic acids is 1. The van der Waals surface area contributed by atoms with Crippen LogP contribution in [0.2, 0.25) is 0 Å². The van der Waals surface area contributed by atoms with Gasteiger partial charge in [-0.15, -0.1) is 0 Å². The van der Waals surface area contributed by atoms with Crippen molar-refractivity contribution in [1.29, 1.82) is 0 Å². The number of benzene rings is 2. The Kier molecular flexibility index (Phi) is 4.91. The maximum absolute atomic E-state index is 12.4. The lowest BCUT2D eigenvalue weighted by Crippen LogP contribution is -2.26. The van der Waals surface area contributed by atoms with Crippen molar-refractivity contribution < 1.29 is 27.8 Å². The monoisotopic (exact) mass is 363 g/mol. The molecular formula is C17H17NO6S. The number of fused-ring (bicyclic) bond motifs is 1. The molecular weight excluding hydrogens is 346 g/mol. The Morgan fingerprint density at radius 1 is 1.04 bits per heavy atom. The highest BCUT2D eigenvalue weighted by molar-refractivity contribution is 7.89. The van der Waals surface area contributed by atoms with Crippen LogP contribution in [0, 0.1) is 0 Å². The van der Waals surface area contributed by atoms with Crippen molar-refractivity contribution in [1.82, 2.24) is 4.72 Å². The van der Waals surface area contributed by atoms with E-state index in [2.05, 4.69) is 4.72 Å². The molecule has 0 bridgehead atoms. The minimum Gasteiger partial charge on any atom is -0.486 e. The van der Waals surface area contributed by atoms with Crippen molar-refractivity contribution in [3.8, 4) is 11.5 Å². The zero-order chi connectivity index (χ0) is 17.9. The number of carbonyl (C=O) groups is 1. The molecule has 3 rings (SSSR count). The van der Waals surface area contributed by atoms with E-state index < -0.39 is 16.0 Å². The quantitative estimate of drug-likeness (QED) is 0.810. The Labute approximate surface area is 145 Å². The molecule has 132 valence electrons. The van der Waals surface area contributed by atoms with Crippen LogP contribution < -0.4 is 14.2 Å². The third kappa shape index (κ3) is 4.09. The number of ether oxygens (including phenoxy) is 2. The highest BCUT2D eigenvalue weighted by Gasteiger charge is 2.19. The van der Waals surface area contributed by atoms with Crippen LogP contribution in [0.25, 0.3) is 0 Å². The smallest absolute Gasteiger partial charge is 0.335 e. The summed E-state index contributed by atoms with van der Waals surface area (Å²) in [6.45, 7) is 1.03. The minimum atomic E-state index is -3.67. The number of nitrogens with one attached hydrogen (secondary N) is 1. The van der Waals surface area contributed by atoms with E-state index in [1.807, 2.05) is 0 Å². The summed E-state index contributed by atoms with van der Waals surface area (Å²) in [7, 11) is -3.67. The molecule has 0 saturated heterocycles. The molecule has 0 spiro atoms. The Bertz CT molecular complexity index is 877. The Hall–Kier alpha value is -2.58. The molecule has 1 aliphatic heterocycles. The van der Waals surface area contributed by atoms with Gasteiger partial charge in [-0.3, -0.25) is 0 Å². The molecule has 2 N–H and O–H groups in total. The van der Waals surface area contributed by atoms with Crippen molar-refractivity contribution in [2.45, 2.75) is 11.3 Å². The third-order valence-corrected chi connectivity index (χ3v) is 5.19. The number of hydrogen-bond acceptors (Lipinski definition) is 5. The normalized spacial score (nSPS) is 13.4. The molecule has 0 aromatic heterocycles. The van der Waals surface area contributed by atoms with Gasteiger partial charge in [-0.25, -0.2) is 17.9 Å². The van der Waals surface area contributed by atoms with Gasteiger partial charge < -0.3 is 14.6 Å². The zero-order valence-electron chi connectivity index (χ0n) is 13.3. The second-order valence-electron chi connectivity index (χ2n) is 5.46. The third-order valence-electron chi connectivity index (χ3n) is 3.73. The van der Waals surface area contributed by atoms with Gasteiger partial charge in [-0.1, -0.05) is 12.1 Å². The van der Waals surface area contributed by atoms with Gasteiger partial charge in [0.2, 0.25) is 10.0 Å². The van der Waals surface area contributed by atoms with Crippen LogP contribution in [0.15, 0.2) is 47.4 Å². The number of sulfonamides is 1. The van der Waals surface area contributed by atoms with Crippen LogP contribution >= 0.6 is 0 Å². The summed E-state index contributed by atoms with van der Waals surface area (Å²) in [6, 6.07) is 10.8. The fraction of sp³-hybridized carbons (Fsp3) is 0.235. The molecule has 2 aromatic rings. The average molecular weight is 363 g/mol. The highest BCUT2D eigenvalue weighted by Crippen LogP contribution is 2.32. The topological polar surface area (TPSA) is 102 Å². The first kappa shape index (κ1) is 17.2. The van der Waals surface area contributed by atoms with E-state index in [1.54, 1.807) is 18.2 Å². The highest BCUT2D eigenvalue weighted by atomic mass is 32.2. The molecule has 8 heteroatoms. The lowest BCUT2D eigenvalue weighted by molar-refractivity contribution is 0.0697. The average Bonchev–Trinajstić information content (AvgIpc) is 2.61. The van der Waals surface area contributed by atoms with Crippen molar-refractivity contribution in [2.75, 3.05) is 19.8 Å². The van der Waals surface area contributed by atoms with Crippen molar-refractivity contribution >= 4 is 16.0 Å². The van der Waals surface area contributed by atoms with Crippen LogP contribution in [0.5, 0.6) is 11.5 Å². The van der Waals surface area contributed by atoms with Crippen molar-refractivity contribution in [2.24, 2.45) is 0 Å². The molecule has 1 heterocycles. The molecule has 0 atom stereocenters. The van der Waals surface area contributed by atoms with Gasteiger partial charge in [-0.2, -0.15) is 0 Å². The molecule has 2 aromatic carbocycles. The Morgan fingerprint density at radius 3 is 2.40 bits per heavy atom. The predicted molar refractivity (Wildman–Crippen MR) is 89.7 cm³/mol. The van der Waals surface area contributed by atoms with E-state index in [1.165, 1.54) is 24.3 Å². The first-order valence-electron chi connectivity index (χ1n) is 7.67. The first-order chi connectivity index (χ1) is 12.0. The second kappa shape index (κ2) is 7.12. The Morgan fingerprint density at radius 2 is 1.72 bits per heavy atom. The summed E-state index contributed by atoms with van der Waals surface area (Å²) < 4.78 is 38.0. The lowest BCUT2D eigenvalue weighted by Gasteiger charge is -2.18. The standard InChI is InChI=1S/C17H17NO6S/c19-17(20)13-3-1-12(2-4-13)7-8-18-25(21,22)14-5-6-15-16(11-14)24-10-9-23-15/h1-6,11,18H,7-10H2,(H,19,20). The van der Waals surface area contributed by atoms with Gasteiger partial charge in [0.25, 0.3) is 0 Å². The van der Waals surface area contributed by atoms with Crippen molar-refractivity contribution in [3.63, 3.8) is 0 Å². The molecule has 0 unspecified atom stereocenters. The Balaban J connectivity index is 1.63. The molecule has 25 heavy (non-hydrogen) atoms. The second-order valence-corrected chi connectivity index (χ2v) is 7.22. The van der Waals surface area contributed by atoms with Gasteiger partial charge in [0.05, 0.1) is 10.5 Å². The summed E-state index contributed by atoms with van der Waals surface area (Å²) in [5.41, 5.74) is 1.04. The van der Waals surface area contributed by atoms with Gasteiger partial charge >= 0.3 is 5.97 Å². The van der Waals surface area contributed by atoms with Gasteiger partial charge in [0.15, 0.2) is 11.5 Å². The van der Waals surface area contributed by atoms with E-state index in [9.17, 15) is 13.2 Å². The molecule has 1 aliphatic rings. The zero-order valence-corrected chi connectivity index (χ0v) is 14.1. The van der Waals surface area contributed by atoms with Crippen molar-refractivity contribution in [3.05, 3.63) is 53.6 Å². The van der Waals surface area contributed by atoms with Crippen LogP contribution in [-0.2, 0) is 16.4 Å². The fourth-order valence-electron chi connectivity index (χ4n) is 2.42. The van der Waals surface area contributed by atoms with E-state index in [0.29, 0.717) is 31.1 Å². The van der Waals surface area contributed by atoms with Crippen LogP contribution in [0.3, 0.4) is 0 Å². The molecule has 0 amide bonds. The summed E-state index contributed by atoms with van der Waals surface area (Å²) in [4.78, 5) is 10.9. The summed E-state index contributed by atoms with van der Waals surface area (Å²) in [5, 5.41) is 8.86. The SMILES string of the molecule is O=C(O)c1ccc(CCNS(=O)(=O)c2ccc3c(c2)OCCO3)cc1. The number of rotatable bonds is 6. The lowest BCUT2D eigenvalue weighted by atomic mass is 10.1. The molecule has 0 radical (unpaired) electrons. The van der Waals surface area contributed by atoms with E-state index >= 15 is 0 Å². The fourth-order valence-corrected chi connectivity index (χ4v) is 3.46. The first-order valence-corrected chi connectivity index (χ1v) is 9.15. The number of hydrogen-bond donors (Lipinski definition) is 2. The van der Waals surface area contributed by atoms with E-state index in [-0.39, 0.29) is 17.0 Å². The number of carboxylic acid groups (broad SMARTS) is 1. The summed E-state index contributed by atoms with van der Waals surface area (Å²) in [5.74, 6) is -0.0482. The van der Waals surface area contributed by atoms with Gasteiger partial charge in [0, 0.05) is 12.6 Å². The molecule has 0 fully saturated rings. The van der Waals surface area contributed by atoms with Gasteiger partial charge in [0.1, 0.15) is 13.2 Å². The number of carboxylic acids is 1. The largest absolute Gasteiger partial charge is 0.486 e. The minimum absolute atomic E-state index is 0.109. The summed E-state index contributed by atoms with van der Waals surface area (Å²) in [6.07, 6.45) is 0.448. The maximum Gasteiger partial charge on any atom is 0.335 e. The van der Waals surface area contributed by atoms with Gasteiger partial charge in [-0.05, 0) is 36.2 Å². The van der Waals surface area contributed by atoms with Crippen LogP contribution in [-0.4, -0.2) is 39.3 Å². The summed E-state index contributed by atoms with van der Waals surface area (Å²) >= 11 is 0. The van der Waals surface area contributed by atoms with Crippen LogP contribution in [0.4, 0.5) is 0 Å². The van der Waals surface area contributed by atoms with E-state index in [4.69, 9.17) is 14.6 Å². The molecule has 7 nitrogen and oxygen atoms in total. The molecule has 0 saturated carbocycles. The van der Waals surface area contributed by atoms with E-state index in [0.717, 1.165) is 5.56 Å². The predicted octanol–water partition coefficient (Wildman–Crippen LogP) is 1.68. The molecule has 0 aliphatic carbocycles. The van der Waals surface area contributed by atoms with Crippen LogP contribution in [0.1, 0.15) is 15.9 Å². The maximum atomic E-state index is 12.4.